The van der Waals surface area contributed by atoms with Gasteiger partial charge in [-0.25, -0.2) is 13.2 Å². The van der Waals surface area contributed by atoms with Crippen LogP contribution in [0.25, 0.3) is 0 Å². The Morgan fingerprint density at radius 1 is 1.10 bits per heavy atom. The van der Waals surface area contributed by atoms with Gasteiger partial charge in [-0.1, -0.05) is 45.8 Å². The zero-order valence-corrected chi connectivity index (χ0v) is 19.6. The van der Waals surface area contributed by atoms with Crippen LogP contribution in [0.5, 0.6) is 0 Å². The lowest BCUT2D eigenvalue weighted by atomic mass is 10.1. The van der Waals surface area contributed by atoms with Crippen molar-refractivity contribution in [2.24, 2.45) is 0 Å². The predicted molar refractivity (Wildman–Crippen MR) is 117 cm³/mol. The van der Waals surface area contributed by atoms with E-state index in [2.05, 4.69) is 21.2 Å². The number of alkyl carbamates (subject to hydrolysis) is 1. The second-order valence-corrected chi connectivity index (χ2v) is 11.5. The van der Waals surface area contributed by atoms with E-state index in [0.29, 0.717) is 11.8 Å². The fourth-order valence-corrected chi connectivity index (χ4v) is 6.11. The Morgan fingerprint density at radius 3 is 2.17 bits per heavy atom. The number of carbonyl (C=O) groups excluding carboxylic acids is 2. The molecule has 3 atom stereocenters. The number of hydrogen-bond donors (Lipinski definition) is 1. The smallest absolute Gasteiger partial charge is 0.408 e. The zero-order valence-electron chi connectivity index (χ0n) is 17.2. The number of carbonyl (C=O) groups is 2. The van der Waals surface area contributed by atoms with E-state index in [0.717, 1.165) is 10.0 Å². The average Bonchev–Trinajstić information content (AvgIpc) is 3.30. The van der Waals surface area contributed by atoms with Gasteiger partial charge in [0.05, 0.1) is 4.90 Å². The van der Waals surface area contributed by atoms with Crippen molar-refractivity contribution in [1.82, 2.24) is 5.32 Å². The summed E-state index contributed by atoms with van der Waals surface area (Å²) in [4.78, 5) is 24.8. The standard InChI is InChI=1S/C22H24BrNO5S/c1-14-5-11-17(12-6-14)30(27,28)19-18(15-7-9-16(23)10-8-15)22(19,13-25)24-20(26)29-21(2,3)4/h5-13,18-19H,1-4H3,(H,24,26)/t18-,19-,22+/m1/s1. The maximum Gasteiger partial charge on any atom is 0.408 e. The van der Waals surface area contributed by atoms with Gasteiger partial charge in [-0.15, -0.1) is 0 Å². The van der Waals surface area contributed by atoms with Crippen LogP contribution in [0.4, 0.5) is 4.79 Å². The molecule has 0 saturated heterocycles. The number of rotatable bonds is 5. The van der Waals surface area contributed by atoms with E-state index in [1.165, 1.54) is 12.1 Å². The van der Waals surface area contributed by atoms with Gasteiger partial charge >= 0.3 is 6.09 Å². The molecule has 0 heterocycles. The Hall–Kier alpha value is -2.19. The summed E-state index contributed by atoms with van der Waals surface area (Å²) in [5.41, 5.74) is -0.841. The SMILES string of the molecule is Cc1ccc(S(=O)(=O)[C@@H]2[C@@H](c3ccc(Br)cc3)[C@]2(C=O)NC(=O)OC(C)(C)C)cc1. The third kappa shape index (κ3) is 4.30. The highest BCUT2D eigenvalue weighted by atomic mass is 79.9. The molecule has 0 aromatic heterocycles. The van der Waals surface area contributed by atoms with Gasteiger partial charge in [0.1, 0.15) is 22.7 Å². The predicted octanol–water partition coefficient (Wildman–Crippen LogP) is 4.16. The molecule has 0 radical (unpaired) electrons. The summed E-state index contributed by atoms with van der Waals surface area (Å²) in [6.07, 6.45) is -0.321. The van der Waals surface area contributed by atoms with E-state index in [1.54, 1.807) is 57.2 Å². The van der Waals surface area contributed by atoms with Crippen molar-refractivity contribution >= 4 is 38.1 Å². The Labute approximate surface area is 185 Å². The van der Waals surface area contributed by atoms with Crippen LogP contribution in [0.15, 0.2) is 57.9 Å². The second-order valence-electron chi connectivity index (χ2n) is 8.49. The van der Waals surface area contributed by atoms with E-state index >= 15 is 0 Å². The molecule has 0 spiro atoms. The van der Waals surface area contributed by atoms with Crippen molar-refractivity contribution in [3.8, 4) is 0 Å². The molecule has 8 heteroatoms. The summed E-state index contributed by atoms with van der Waals surface area (Å²) in [6.45, 7) is 6.94. The number of sulfone groups is 1. The largest absolute Gasteiger partial charge is 0.444 e. The average molecular weight is 494 g/mol. The van der Waals surface area contributed by atoms with Crippen molar-refractivity contribution < 1.29 is 22.7 Å². The molecule has 160 valence electrons. The summed E-state index contributed by atoms with van der Waals surface area (Å²) in [6, 6.07) is 13.5. The summed E-state index contributed by atoms with van der Waals surface area (Å²) < 4.78 is 33.0. The third-order valence-electron chi connectivity index (χ3n) is 5.00. The maximum absolute atomic E-state index is 13.4. The molecule has 0 aliphatic heterocycles. The quantitative estimate of drug-likeness (QED) is 0.631. The summed E-state index contributed by atoms with van der Waals surface area (Å²) in [5.74, 6) is -0.734. The second kappa shape index (κ2) is 7.81. The molecule has 3 rings (SSSR count). The highest BCUT2D eigenvalue weighted by Gasteiger charge is 2.73. The van der Waals surface area contributed by atoms with Crippen molar-refractivity contribution in [2.45, 2.75) is 54.9 Å². The Morgan fingerprint density at radius 2 is 1.67 bits per heavy atom. The molecule has 30 heavy (non-hydrogen) atoms. The molecular weight excluding hydrogens is 470 g/mol. The van der Waals surface area contributed by atoms with Crippen LogP contribution < -0.4 is 5.32 Å². The minimum absolute atomic E-state index is 0.106. The highest BCUT2D eigenvalue weighted by Crippen LogP contribution is 2.56. The number of amides is 1. The van der Waals surface area contributed by atoms with E-state index < -0.39 is 38.2 Å². The highest BCUT2D eigenvalue weighted by molar-refractivity contribution is 9.10. The minimum Gasteiger partial charge on any atom is -0.444 e. The van der Waals surface area contributed by atoms with Gasteiger partial charge in [0, 0.05) is 10.4 Å². The molecule has 1 fully saturated rings. The molecule has 1 aliphatic carbocycles. The summed E-state index contributed by atoms with van der Waals surface area (Å²) >= 11 is 3.35. The van der Waals surface area contributed by atoms with Gasteiger partial charge in [0.25, 0.3) is 0 Å². The molecule has 1 amide bonds. The van der Waals surface area contributed by atoms with Gasteiger partial charge in [-0.3, -0.25) is 0 Å². The monoisotopic (exact) mass is 493 g/mol. The fraction of sp³-hybridized carbons (Fsp3) is 0.364. The first-order valence-electron chi connectivity index (χ1n) is 9.44. The number of benzene rings is 2. The molecule has 0 bridgehead atoms. The van der Waals surface area contributed by atoms with E-state index in [4.69, 9.17) is 4.74 Å². The molecule has 2 aromatic rings. The first-order valence-corrected chi connectivity index (χ1v) is 11.8. The van der Waals surface area contributed by atoms with Crippen LogP contribution in [-0.2, 0) is 19.4 Å². The Balaban J connectivity index is 2.04. The van der Waals surface area contributed by atoms with Gasteiger partial charge < -0.3 is 14.8 Å². The molecule has 2 aromatic carbocycles. The van der Waals surface area contributed by atoms with Gasteiger partial charge in [-0.05, 0) is 57.5 Å². The number of ether oxygens (including phenoxy) is 1. The van der Waals surface area contributed by atoms with Crippen LogP contribution in [0.1, 0.15) is 37.8 Å². The van der Waals surface area contributed by atoms with Crippen molar-refractivity contribution in [1.29, 1.82) is 0 Å². The molecule has 1 aliphatic rings. The van der Waals surface area contributed by atoms with Gasteiger partial charge in [-0.2, -0.15) is 0 Å². The maximum atomic E-state index is 13.4. The topological polar surface area (TPSA) is 89.5 Å². The minimum atomic E-state index is -3.91. The summed E-state index contributed by atoms with van der Waals surface area (Å²) in [5, 5.41) is 1.41. The lowest BCUT2D eigenvalue weighted by Gasteiger charge is -2.22. The zero-order chi connectivity index (χ0) is 22.3. The summed E-state index contributed by atoms with van der Waals surface area (Å²) in [7, 11) is -3.91. The first-order chi connectivity index (χ1) is 13.9. The Kier molecular flexibility index (Phi) is 5.86. The molecule has 0 unspecified atom stereocenters. The molecule has 6 nitrogen and oxygen atoms in total. The lowest BCUT2D eigenvalue weighted by molar-refractivity contribution is -0.110. The van der Waals surface area contributed by atoms with Crippen LogP contribution in [-0.4, -0.2) is 37.2 Å². The van der Waals surface area contributed by atoms with Crippen LogP contribution in [0.3, 0.4) is 0 Å². The molecular formula is C22H24BrNO5S. The van der Waals surface area contributed by atoms with Crippen LogP contribution in [0.2, 0.25) is 0 Å². The molecule has 1 saturated carbocycles. The molecule has 1 N–H and O–H groups in total. The van der Waals surface area contributed by atoms with E-state index in [9.17, 15) is 18.0 Å². The lowest BCUT2D eigenvalue weighted by Crippen LogP contribution is -2.45. The van der Waals surface area contributed by atoms with Gasteiger partial charge in [0.15, 0.2) is 9.84 Å². The number of aldehydes is 1. The van der Waals surface area contributed by atoms with E-state index in [1.807, 2.05) is 6.92 Å². The van der Waals surface area contributed by atoms with Crippen LogP contribution >= 0.6 is 15.9 Å². The number of hydrogen-bond acceptors (Lipinski definition) is 5. The van der Waals surface area contributed by atoms with Crippen molar-refractivity contribution in [3.63, 3.8) is 0 Å². The number of aryl methyl sites for hydroxylation is 1. The fourth-order valence-electron chi connectivity index (χ4n) is 3.60. The van der Waals surface area contributed by atoms with Crippen LogP contribution in [0, 0.1) is 6.92 Å². The first kappa shape index (κ1) is 22.5. The normalized spacial score (nSPS) is 23.5. The van der Waals surface area contributed by atoms with Crippen molar-refractivity contribution in [2.75, 3.05) is 0 Å². The number of halogens is 1. The number of nitrogens with one attached hydrogen (secondary N) is 1. The third-order valence-corrected chi connectivity index (χ3v) is 7.79. The Bertz CT molecular complexity index is 1060. The van der Waals surface area contributed by atoms with Gasteiger partial charge in [0.2, 0.25) is 0 Å². The van der Waals surface area contributed by atoms with Crippen molar-refractivity contribution in [3.05, 3.63) is 64.1 Å². The van der Waals surface area contributed by atoms with E-state index in [-0.39, 0.29) is 4.90 Å².